The van der Waals surface area contributed by atoms with Crippen molar-refractivity contribution in [2.45, 2.75) is 18.6 Å². The summed E-state index contributed by atoms with van der Waals surface area (Å²) in [7, 11) is 0. The van der Waals surface area contributed by atoms with Gasteiger partial charge in [0.15, 0.2) is 5.16 Å². The number of hydrogen-bond acceptors (Lipinski definition) is 5. The van der Waals surface area contributed by atoms with Crippen molar-refractivity contribution in [3.63, 3.8) is 0 Å². The minimum Gasteiger partial charge on any atom is -0.305 e. The molecule has 0 aliphatic heterocycles. The van der Waals surface area contributed by atoms with Crippen LogP contribution in [0.3, 0.4) is 0 Å². The van der Waals surface area contributed by atoms with Crippen LogP contribution in [0, 0.1) is 12.7 Å². The summed E-state index contributed by atoms with van der Waals surface area (Å²) in [6, 6.07) is 14.7. The van der Waals surface area contributed by atoms with Gasteiger partial charge in [-0.25, -0.2) is 9.18 Å². The van der Waals surface area contributed by atoms with Crippen LogP contribution in [0.1, 0.15) is 11.4 Å². The Labute approximate surface area is 165 Å². The van der Waals surface area contributed by atoms with Crippen LogP contribution >= 0.6 is 11.8 Å². The van der Waals surface area contributed by atoms with Gasteiger partial charge in [0.1, 0.15) is 11.6 Å². The molecular weight excluding hydrogens is 381 g/mol. The van der Waals surface area contributed by atoms with Gasteiger partial charge in [-0.05, 0) is 24.6 Å². The molecule has 2 N–H and O–H groups in total. The van der Waals surface area contributed by atoms with E-state index in [9.17, 15) is 14.0 Å². The molecular formula is C19H18FN5O2S. The zero-order valence-corrected chi connectivity index (χ0v) is 15.9. The maximum Gasteiger partial charge on any atom is 0.325 e. The third-order valence-electron chi connectivity index (χ3n) is 3.79. The lowest BCUT2D eigenvalue weighted by Gasteiger charge is -2.09. The highest BCUT2D eigenvalue weighted by Gasteiger charge is 2.14. The number of amides is 3. The van der Waals surface area contributed by atoms with Crippen molar-refractivity contribution in [3.05, 3.63) is 71.8 Å². The van der Waals surface area contributed by atoms with E-state index >= 15 is 0 Å². The number of benzene rings is 2. The topological polar surface area (TPSA) is 88.9 Å². The van der Waals surface area contributed by atoms with Crippen molar-refractivity contribution < 1.29 is 14.0 Å². The molecule has 1 aromatic heterocycles. The van der Waals surface area contributed by atoms with Crippen LogP contribution in [0.5, 0.6) is 0 Å². The largest absolute Gasteiger partial charge is 0.325 e. The van der Waals surface area contributed by atoms with Crippen molar-refractivity contribution in [1.82, 2.24) is 20.1 Å². The summed E-state index contributed by atoms with van der Waals surface area (Å²) < 4.78 is 15.4. The number of thioether (sulfide) groups is 1. The van der Waals surface area contributed by atoms with Gasteiger partial charge in [-0.2, -0.15) is 0 Å². The van der Waals surface area contributed by atoms with Crippen LogP contribution in [0.2, 0.25) is 0 Å². The van der Waals surface area contributed by atoms with Gasteiger partial charge in [-0.3, -0.25) is 10.1 Å². The number of nitrogens with zero attached hydrogens (tertiary/aromatic N) is 3. The van der Waals surface area contributed by atoms with Crippen molar-refractivity contribution in [3.8, 4) is 0 Å². The number of anilines is 1. The first-order valence-corrected chi connectivity index (χ1v) is 9.43. The van der Waals surface area contributed by atoms with Crippen LogP contribution in [0.25, 0.3) is 0 Å². The second kappa shape index (κ2) is 9.14. The Morgan fingerprint density at radius 3 is 2.54 bits per heavy atom. The van der Waals surface area contributed by atoms with Crippen molar-refractivity contribution in [2.24, 2.45) is 0 Å². The lowest BCUT2D eigenvalue weighted by Crippen LogP contribution is -2.35. The number of imide groups is 1. The monoisotopic (exact) mass is 399 g/mol. The SMILES string of the molecule is Cc1nnc(SCC(=O)NC(=O)Nc2ccccc2F)n1Cc1ccccc1. The Morgan fingerprint density at radius 2 is 1.79 bits per heavy atom. The van der Waals surface area contributed by atoms with Crippen LogP contribution in [0.15, 0.2) is 59.8 Å². The second-order valence-electron chi connectivity index (χ2n) is 5.87. The standard InChI is InChI=1S/C19H18FN5O2S/c1-13-23-24-19(25(13)11-14-7-3-2-4-8-14)28-12-17(26)22-18(27)21-16-10-6-5-9-15(16)20/h2-10H,11-12H2,1H3,(H2,21,22,26,27). The van der Waals surface area contributed by atoms with Crippen LogP contribution in [0.4, 0.5) is 14.9 Å². The quantitative estimate of drug-likeness (QED) is 0.622. The fraction of sp³-hybridized carbons (Fsp3) is 0.158. The number of nitrogens with one attached hydrogen (secondary N) is 2. The van der Waals surface area contributed by atoms with Gasteiger partial charge < -0.3 is 9.88 Å². The first-order valence-electron chi connectivity index (χ1n) is 8.45. The lowest BCUT2D eigenvalue weighted by atomic mass is 10.2. The van der Waals surface area contributed by atoms with E-state index < -0.39 is 17.8 Å². The number of carbonyl (C=O) groups excluding carboxylic acids is 2. The van der Waals surface area contributed by atoms with E-state index in [1.807, 2.05) is 41.8 Å². The molecule has 0 aliphatic rings. The molecule has 2 aromatic carbocycles. The molecule has 0 atom stereocenters. The molecule has 7 nitrogen and oxygen atoms in total. The summed E-state index contributed by atoms with van der Waals surface area (Å²) in [6.45, 7) is 2.42. The molecule has 9 heteroatoms. The highest BCUT2D eigenvalue weighted by molar-refractivity contribution is 7.99. The van der Waals surface area contributed by atoms with Gasteiger partial charge in [-0.1, -0.05) is 54.2 Å². The number of carbonyl (C=O) groups is 2. The zero-order chi connectivity index (χ0) is 19.9. The number of rotatable bonds is 6. The van der Waals surface area contributed by atoms with Crippen LogP contribution in [-0.2, 0) is 11.3 Å². The van der Waals surface area contributed by atoms with Gasteiger partial charge in [0, 0.05) is 0 Å². The molecule has 0 fully saturated rings. The first-order chi connectivity index (χ1) is 13.5. The van der Waals surface area contributed by atoms with Crippen molar-refractivity contribution >= 4 is 29.4 Å². The Bertz CT molecular complexity index is 977. The molecule has 0 aliphatic carbocycles. The number of hydrogen-bond donors (Lipinski definition) is 2. The van der Waals surface area contributed by atoms with E-state index in [2.05, 4.69) is 20.8 Å². The molecule has 0 spiro atoms. The maximum atomic E-state index is 13.5. The molecule has 0 radical (unpaired) electrons. The van der Waals surface area contributed by atoms with E-state index in [0.29, 0.717) is 11.7 Å². The fourth-order valence-electron chi connectivity index (χ4n) is 2.43. The predicted molar refractivity (Wildman–Crippen MR) is 105 cm³/mol. The number of urea groups is 1. The van der Waals surface area contributed by atoms with Gasteiger partial charge >= 0.3 is 6.03 Å². The molecule has 1 heterocycles. The third-order valence-corrected chi connectivity index (χ3v) is 4.76. The molecule has 0 bridgehead atoms. The van der Waals surface area contributed by atoms with E-state index in [1.54, 1.807) is 6.07 Å². The minimum absolute atomic E-state index is 0.00122. The summed E-state index contributed by atoms with van der Waals surface area (Å²) in [4.78, 5) is 23.9. The predicted octanol–water partition coefficient (Wildman–Crippen LogP) is 3.21. The lowest BCUT2D eigenvalue weighted by molar-refractivity contribution is -0.117. The van der Waals surface area contributed by atoms with E-state index in [0.717, 1.165) is 11.4 Å². The number of aromatic nitrogens is 3. The first kappa shape index (κ1) is 19.6. The van der Waals surface area contributed by atoms with Gasteiger partial charge in [0.2, 0.25) is 5.91 Å². The molecule has 144 valence electrons. The summed E-state index contributed by atoms with van der Waals surface area (Å²) in [5.41, 5.74) is 1.08. The van der Waals surface area contributed by atoms with E-state index in [1.165, 1.54) is 30.0 Å². The van der Waals surface area contributed by atoms with Gasteiger partial charge in [0.25, 0.3) is 0 Å². The van der Waals surface area contributed by atoms with Crippen molar-refractivity contribution in [1.29, 1.82) is 0 Å². The maximum absolute atomic E-state index is 13.5. The number of para-hydroxylation sites is 1. The average Bonchev–Trinajstić information content (AvgIpc) is 3.02. The number of aryl methyl sites for hydroxylation is 1. The Kier molecular flexibility index (Phi) is 6.38. The molecule has 28 heavy (non-hydrogen) atoms. The summed E-state index contributed by atoms with van der Waals surface area (Å²) >= 11 is 1.17. The molecule has 3 amide bonds. The Balaban J connectivity index is 1.55. The summed E-state index contributed by atoms with van der Waals surface area (Å²) in [6.07, 6.45) is 0. The average molecular weight is 399 g/mol. The van der Waals surface area contributed by atoms with Crippen LogP contribution in [-0.4, -0.2) is 32.5 Å². The molecule has 3 aromatic rings. The molecule has 0 saturated carbocycles. The smallest absolute Gasteiger partial charge is 0.305 e. The fourth-order valence-corrected chi connectivity index (χ4v) is 3.21. The molecule has 3 rings (SSSR count). The van der Waals surface area contributed by atoms with Gasteiger partial charge in [0.05, 0.1) is 18.0 Å². The summed E-state index contributed by atoms with van der Waals surface area (Å²) in [5, 5.41) is 13.2. The highest BCUT2D eigenvalue weighted by Crippen LogP contribution is 2.18. The highest BCUT2D eigenvalue weighted by atomic mass is 32.2. The summed E-state index contributed by atoms with van der Waals surface area (Å²) in [5.74, 6) is -0.406. The van der Waals surface area contributed by atoms with Gasteiger partial charge in [-0.15, -0.1) is 10.2 Å². The molecule has 0 saturated heterocycles. The number of halogens is 1. The second-order valence-corrected chi connectivity index (χ2v) is 6.81. The zero-order valence-electron chi connectivity index (χ0n) is 15.1. The Hall–Kier alpha value is -3.20. The third kappa shape index (κ3) is 5.17. The van der Waals surface area contributed by atoms with E-state index in [-0.39, 0.29) is 11.4 Å². The minimum atomic E-state index is -0.794. The molecule has 0 unspecified atom stereocenters. The van der Waals surface area contributed by atoms with Crippen LogP contribution < -0.4 is 10.6 Å². The van der Waals surface area contributed by atoms with Crippen molar-refractivity contribution in [2.75, 3.05) is 11.1 Å². The Morgan fingerprint density at radius 1 is 1.07 bits per heavy atom. The van der Waals surface area contributed by atoms with E-state index in [4.69, 9.17) is 0 Å². The normalized spacial score (nSPS) is 10.5.